The molecule has 0 radical (unpaired) electrons. The second kappa shape index (κ2) is 7.28. The van der Waals surface area contributed by atoms with Crippen LogP contribution in [0.5, 0.6) is 11.5 Å². The van der Waals surface area contributed by atoms with Crippen molar-refractivity contribution in [1.82, 2.24) is 0 Å². The number of carboxylic acid groups (broad SMARTS) is 1. The van der Waals surface area contributed by atoms with E-state index in [2.05, 4.69) is 15.9 Å². The highest BCUT2D eigenvalue weighted by atomic mass is 79.9. The molecular weight excluding hydrogens is 364 g/mol. The Labute approximate surface area is 142 Å². The summed E-state index contributed by atoms with van der Waals surface area (Å²) in [5, 5.41) is 9.13. The molecule has 0 aliphatic heterocycles. The highest BCUT2D eigenvalue weighted by Gasteiger charge is 2.15. The van der Waals surface area contributed by atoms with Crippen molar-refractivity contribution < 1.29 is 24.2 Å². The third kappa shape index (κ3) is 4.56. The van der Waals surface area contributed by atoms with E-state index >= 15 is 0 Å². The van der Waals surface area contributed by atoms with Gasteiger partial charge in [0.05, 0.1) is 0 Å². The van der Waals surface area contributed by atoms with Gasteiger partial charge in [-0.3, -0.25) is 0 Å². The van der Waals surface area contributed by atoms with Crippen molar-refractivity contribution in [1.29, 1.82) is 0 Å². The van der Waals surface area contributed by atoms with Crippen LogP contribution in [0.2, 0.25) is 0 Å². The lowest BCUT2D eigenvalue weighted by Crippen LogP contribution is -2.19. The second-order valence-corrected chi connectivity index (χ2v) is 5.89. The Kier molecular flexibility index (Phi) is 5.39. The lowest BCUT2D eigenvalue weighted by atomic mass is 10.1. The van der Waals surface area contributed by atoms with E-state index in [0.29, 0.717) is 10.2 Å². The number of hydrogen-bond acceptors (Lipinski definition) is 4. The van der Waals surface area contributed by atoms with Gasteiger partial charge < -0.3 is 14.6 Å². The van der Waals surface area contributed by atoms with Gasteiger partial charge in [0.15, 0.2) is 6.61 Å². The third-order valence-electron chi connectivity index (χ3n) is 3.07. The zero-order valence-electron chi connectivity index (χ0n) is 12.6. The van der Waals surface area contributed by atoms with Gasteiger partial charge in [0.1, 0.15) is 17.1 Å². The molecule has 2 rings (SSSR count). The van der Waals surface area contributed by atoms with Gasteiger partial charge in [0, 0.05) is 4.47 Å². The predicted molar refractivity (Wildman–Crippen MR) is 88.1 cm³/mol. The maximum Gasteiger partial charge on any atom is 0.349 e. The van der Waals surface area contributed by atoms with E-state index in [4.69, 9.17) is 14.6 Å². The van der Waals surface area contributed by atoms with Crippen LogP contribution in [0.1, 0.15) is 21.5 Å². The molecule has 0 aliphatic rings. The quantitative estimate of drug-likeness (QED) is 0.633. The minimum absolute atomic E-state index is 0.0186. The van der Waals surface area contributed by atoms with Crippen LogP contribution >= 0.6 is 15.9 Å². The van der Waals surface area contributed by atoms with Crippen LogP contribution in [0.25, 0.3) is 0 Å². The molecule has 6 heteroatoms. The molecule has 0 saturated heterocycles. The molecule has 2 aromatic carbocycles. The molecule has 0 bridgehead atoms. The fourth-order valence-electron chi connectivity index (χ4n) is 2.01. The molecule has 5 nitrogen and oxygen atoms in total. The molecular formula is C17H15BrO5. The first kappa shape index (κ1) is 17.0. The standard InChI is InChI=1S/C17H15BrO5/c1-10-3-5-14(11(2)7-10)22-9-16(19)23-15-6-4-12(18)8-13(15)17(20)21/h3-8H,9H2,1-2H3,(H,20,21). The zero-order valence-corrected chi connectivity index (χ0v) is 14.2. The minimum Gasteiger partial charge on any atom is -0.482 e. The first-order valence-corrected chi connectivity index (χ1v) is 7.59. The number of carbonyl (C=O) groups excluding carboxylic acids is 1. The molecule has 2 aromatic rings. The normalized spacial score (nSPS) is 10.2. The van der Waals surface area contributed by atoms with Crippen molar-refractivity contribution in [2.75, 3.05) is 6.61 Å². The number of esters is 1. The summed E-state index contributed by atoms with van der Waals surface area (Å²) in [6, 6.07) is 9.99. The Bertz CT molecular complexity index is 755. The van der Waals surface area contributed by atoms with Crippen LogP contribution in [-0.4, -0.2) is 23.7 Å². The molecule has 0 aromatic heterocycles. The number of aryl methyl sites for hydroxylation is 2. The molecule has 0 amide bonds. The van der Waals surface area contributed by atoms with Crippen LogP contribution < -0.4 is 9.47 Å². The molecule has 23 heavy (non-hydrogen) atoms. The van der Waals surface area contributed by atoms with Crippen molar-refractivity contribution in [2.24, 2.45) is 0 Å². The monoisotopic (exact) mass is 378 g/mol. The summed E-state index contributed by atoms with van der Waals surface area (Å²) >= 11 is 3.18. The molecule has 0 fully saturated rings. The number of benzene rings is 2. The van der Waals surface area contributed by atoms with E-state index in [0.717, 1.165) is 11.1 Å². The Morgan fingerprint density at radius 2 is 1.78 bits per heavy atom. The number of carboxylic acids is 1. The summed E-state index contributed by atoms with van der Waals surface area (Å²) < 4.78 is 11.1. The van der Waals surface area contributed by atoms with Gasteiger partial charge in [0.2, 0.25) is 0 Å². The first-order valence-electron chi connectivity index (χ1n) is 6.80. The second-order valence-electron chi connectivity index (χ2n) is 4.98. The van der Waals surface area contributed by atoms with Crippen LogP contribution in [0.15, 0.2) is 40.9 Å². The number of rotatable bonds is 5. The Balaban J connectivity index is 2.04. The molecule has 0 atom stereocenters. The van der Waals surface area contributed by atoms with Gasteiger partial charge in [-0.15, -0.1) is 0 Å². The van der Waals surface area contributed by atoms with Crippen LogP contribution in [0, 0.1) is 13.8 Å². The summed E-state index contributed by atoms with van der Waals surface area (Å²) in [5.41, 5.74) is 1.91. The SMILES string of the molecule is Cc1ccc(OCC(=O)Oc2ccc(Br)cc2C(=O)O)c(C)c1. The summed E-state index contributed by atoms with van der Waals surface area (Å²) in [5.74, 6) is -1.28. The van der Waals surface area contributed by atoms with E-state index in [9.17, 15) is 9.59 Å². The maximum absolute atomic E-state index is 11.9. The van der Waals surface area contributed by atoms with Gasteiger partial charge in [-0.25, -0.2) is 9.59 Å². The Morgan fingerprint density at radius 3 is 2.43 bits per heavy atom. The molecule has 1 N–H and O–H groups in total. The van der Waals surface area contributed by atoms with Crippen molar-refractivity contribution in [3.05, 3.63) is 57.6 Å². The largest absolute Gasteiger partial charge is 0.482 e. The average molecular weight is 379 g/mol. The molecule has 0 unspecified atom stereocenters. The van der Waals surface area contributed by atoms with E-state index in [1.165, 1.54) is 12.1 Å². The molecule has 0 heterocycles. The molecule has 0 saturated carbocycles. The van der Waals surface area contributed by atoms with Crippen molar-refractivity contribution >= 4 is 27.9 Å². The summed E-state index contributed by atoms with van der Waals surface area (Å²) in [4.78, 5) is 23.0. The minimum atomic E-state index is -1.18. The van der Waals surface area contributed by atoms with Gasteiger partial charge in [0.25, 0.3) is 0 Å². The first-order chi connectivity index (χ1) is 10.9. The molecule has 120 valence electrons. The number of carbonyl (C=O) groups is 2. The number of ether oxygens (including phenoxy) is 2. The topological polar surface area (TPSA) is 72.8 Å². The lowest BCUT2D eigenvalue weighted by molar-refractivity contribution is -0.136. The van der Waals surface area contributed by atoms with Gasteiger partial charge in [-0.1, -0.05) is 33.6 Å². The molecule has 0 aliphatic carbocycles. The van der Waals surface area contributed by atoms with E-state index in [1.54, 1.807) is 12.1 Å². The lowest BCUT2D eigenvalue weighted by Gasteiger charge is -2.11. The zero-order chi connectivity index (χ0) is 17.0. The summed E-state index contributed by atoms with van der Waals surface area (Å²) in [7, 11) is 0. The number of aromatic carboxylic acids is 1. The third-order valence-corrected chi connectivity index (χ3v) is 3.57. The van der Waals surface area contributed by atoms with Crippen molar-refractivity contribution in [2.45, 2.75) is 13.8 Å². The van der Waals surface area contributed by atoms with E-state index < -0.39 is 11.9 Å². The van der Waals surface area contributed by atoms with Crippen molar-refractivity contribution in [3.63, 3.8) is 0 Å². The number of halogens is 1. The van der Waals surface area contributed by atoms with Gasteiger partial charge in [-0.2, -0.15) is 0 Å². The Morgan fingerprint density at radius 1 is 1.09 bits per heavy atom. The maximum atomic E-state index is 11.9. The van der Waals surface area contributed by atoms with E-state index in [1.807, 2.05) is 26.0 Å². The fourth-order valence-corrected chi connectivity index (χ4v) is 2.37. The molecule has 0 spiro atoms. The number of hydrogen-bond donors (Lipinski definition) is 1. The smallest absolute Gasteiger partial charge is 0.349 e. The van der Waals surface area contributed by atoms with Crippen molar-refractivity contribution in [3.8, 4) is 11.5 Å². The van der Waals surface area contributed by atoms with Gasteiger partial charge >= 0.3 is 11.9 Å². The average Bonchev–Trinajstić information content (AvgIpc) is 2.48. The van der Waals surface area contributed by atoms with E-state index in [-0.39, 0.29) is 17.9 Å². The van der Waals surface area contributed by atoms with Crippen LogP contribution in [0.3, 0.4) is 0 Å². The highest BCUT2D eigenvalue weighted by Crippen LogP contribution is 2.24. The summed E-state index contributed by atoms with van der Waals surface area (Å²) in [6.07, 6.45) is 0. The fraction of sp³-hybridized carbons (Fsp3) is 0.176. The Hall–Kier alpha value is -2.34. The highest BCUT2D eigenvalue weighted by molar-refractivity contribution is 9.10. The van der Waals surface area contributed by atoms with Crippen LogP contribution in [-0.2, 0) is 4.79 Å². The predicted octanol–water partition coefficient (Wildman–Crippen LogP) is 3.75. The van der Waals surface area contributed by atoms with Crippen LogP contribution in [0.4, 0.5) is 0 Å². The summed E-state index contributed by atoms with van der Waals surface area (Å²) in [6.45, 7) is 3.54. The van der Waals surface area contributed by atoms with Gasteiger partial charge in [-0.05, 0) is 43.7 Å².